The standard InChI is InChI=1S/C10H17N3O2/c1-9(14)3-6-11-10(15)4-8-13-7-2-5-12-13/h2,5,7,9,14H,3-4,6,8H2,1H3,(H,11,15). The van der Waals surface area contributed by atoms with Crippen molar-refractivity contribution in [1.29, 1.82) is 0 Å². The van der Waals surface area contributed by atoms with Crippen LogP contribution in [0.1, 0.15) is 19.8 Å². The average Bonchev–Trinajstić information content (AvgIpc) is 2.66. The monoisotopic (exact) mass is 211 g/mol. The molecule has 5 heteroatoms. The van der Waals surface area contributed by atoms with E-state index in [0.29, 0.717) is 25.9 Å². The van der Waals surface area contributed by atoms with Crippen LogP contribution >= 0.6 is 0 Å². The molecular weight excluding hydrogens is 194 g/mol. The van der Waals surface area contributed by atoms with Gasteiger partial charge in [0.05, 0.1) is 6.10 Å². The maximum Gasteiger partial charge on any atom is 0.221 e. The first kappa shape index (κ1) is 11.7. The maximum absolute atomic E-state index is 11.3. The summed E-state index contributed by atoms with van der Waals surface area (Å²) in [7, 11) is 0. The second-order valence-corrected chi connectivity index (χ2v) is 3.51. The second kappa shape index (κ2) is 6.19. The number of hydrogen-bond donors (Lipinski definition) is 2. The van der Waals surface area contributed by atoms with E-state index in [-0.39, 0.29) is 12.0 Å². The molecule has 1 atom stereocenters. The van der Waals surface area contributed by atoms with Crippen molar-refractivity contribution in [1.82, 2.24) is 15.1 Å². The van der Waals surface area contributed by atoms with Crippen molar-refractivity contribution < 1.29 is 9.90 Å². The first-order valence-corrected chi connectivity index (χ1v) is 5.10. The summed E-state index contributed by atoms with van der Waals surface area (Å²) in [5.74, 6) is -0.00819. The molecule has 84 valence electrons. The molecule has 1 aromatic heterocycles. The summed E-state index contributed by atoms with van der Waals surface area (Å²) in [6, 6.07) is 1.82. The number of carbonyl (C=O) groups excluding carboxylic acids is 1. The Hall–Kier alpha value is -1.36. The molecule has 0 aliphatic heterocycles. The predicted molar refractivity (Wildman–Crippen MR) is 56.2 cm³/mol. The summed E-state index contributed by atoms with van der Waals surface area (Å²) < 4.78 is 1.72. The largest absolute Gasteiger partial charge is 0.393 e. The lowest BCUT2D eigenvalue weighted by Gasteiger charge is -2.06. The second-order valence-electron chi connectivity index (χ2n) is 3.51. The molecule has 0 aliphatic carbocycles. The van der Waals surface area contributed by atoms with Gasteiger partial charge in [0.25, 0.3) is 0 Å². The molecule has 1 amide bonds. The number of aliphatic hydroxyl groups excluding tert-OH is 1. The predicted octanol–water partition coefficient (Wildman–Crippen LogP) is 0.160. The van der Waals surface area contributed by atoms with Gasteiger partial charge in [-0.25, -0.2) is 0 Å². The Bertz CT molecular complexity index is 283. The van der Waals surface area contributed by atoms with Crippen LogP contribution in [0.2, 0.25) is 0 Å². The van der Waals surface area contributed by atoms with Gasteiger partial charge >= 0.3 is 0 Å². The molecule has 1 heterocycles. The Morgan fingerprint density at radius 2 is 2.47 bits per heavy atom. The lowest BCUT2D eigenvalue weighted by molar-refractivity contribution is -0.121. The number of rotatable bonds is 6. The highest BCUT2D eigenvalue weighted by molar-refractivity contribution is 5.75. The third-order valence-corrected chi connectivity index (χ3v) is 2.01. The van der Waals surface area contributed by atoms with Crippen molar-refractivity contribution in [3.8, 4) is 0 Å². The van der Waals surface area contributed by atoms with E-state index < -0.39 is 0 Å². The quantitative estimate of drug-likeness (QED) is 0.704. The fraction of sp³-hybridized carbons (Fsp3) is 0.600. The van der Waals surface area contributed by atoms with Crippen molar-refractivity contribution >= 4 is 5.91 Å². The summed E-state index contributed by atoms with van der Waals surface area (Å²) in [4.78, 5) is 11.3. The molecule has 0 radical (unpaired) electrons. The fourth-order valence-corrected chi connectivity index (χ4v) is 1.16. The van der Waals surface area contributed by atoms with Gasteiger partial charge in [0, 0.05) is 31.9 Å². The molecule has 5 nitrogen and oxygen atoms in total. The molecule has 0 aromatic carbocycles. The van der Waals surface area contributed by atoms with Gasteiger partial charge in [0.2, 0.25) is 5.91 Å². The molecule has 0 saturated heterocycles. The van der Waals surface area contributed by atoms with E-state index in [1.54, 1.807) is 17.8 Å². The molecule has 1 unspecified atom stereocenters. The Kier molecular flexibility index (Phi) is 4.83. The molecular formula is C10H17N3O2. The number of nitrogens with one attached hydrogen (secondary N) is 1. The summed E-state index contributed by atoms with van der Waals surface area (Å²) in [6.07, 6.45) is 4.15. The zero-order valence-corrected chi connectivity index (χ0v) is 8.89. The number of aromatic nitrogens is 2. The van der Waals surface area contributed by atoms with E-state index in [1.165, 1.54) is 0 Å². The number of carbonyl (C=O) groups is 1. The molecule has 0 aliphatic rings. The molecule has 0 fully saturated rings. The molecule has 0 saturated carbocycles. The van der Waals surface area contributed by atoms with Gasteiger partial charge in [-0.1, -0.05) is 0 Å². The Balaban J connectivity index is 2.09. The minimum atomic E-state index is -0.364. The minimum Gasteiger partial charge on any atom is -0.393 e. The van der Waals surface area contributed by atoms with E-state index in [0.717, 1.165) is 0 Å². The van der Waals surface area contributed by atoms with Crippen LogP contribution in [0.4, 0.5) is 0 Å². The van der Waals surface area contributed by atoms with Gasteiger partial charge in [-0.15, -0.1) is 0 Å². The highest BCUT2D eigenvalue weighted by Crippen LogP contribution is 1.90. The molecule has 2 N–H and O–H groups in total. The van der Waals surface area contributed by atoms with E-state index >= 15 is 0 Å². The van der Waals surface area contributed by atoms with Crippen LogP contribution in [-0.4, -0.2) is 33.4 Å². The molecule has 1 rings (SSSR count). The normalized spacial score (nSPS) is 12.4. The molecule has 1 aromatic rings. The van der Waals surface area contributed by atoms with Gasteiger partial charge in [0.15, 0.2) is 0 Å². The summed E-state index contributed by atoms with van der Waals surface area (Å²) in [5.41, 5.74) is 0. The van der Waals surface area contributed by atoms with E-state index in [2.05, 4.69) is 10.4 Å². The minimum absolute atomic E-state index is 0.00819. The molecule has 0 bridgehead atoms. The Morgan fingerprint density at radius 3 is 3.07 bits per heavy atom. The lowest BCUT2D eigenvalue weighted by atomic mass is 10.3. The highest BCUT2D eigenvalue weighted by atomic mass is 16.3. The van der Waals surface area contributed by atoms with E-state index in [9.17, 15) is 4.79 Å². The highest BCUT2D eigenvalue weighted by Gasteiger charge is 2.02. The van der Waals surface area contributed by atoms with Crippen molar-refractivity contribution in [3.05, 3.63) is 18.5 Å². The Morgan fingerprint density at radius 1 is 1.67 bits per heavy atom. The summed E-state index contributed by atoms with van der Waals surface area (Å²) >= 11 is 0. The smallest absolute Gasteiger partial charge is 0.221 e. The summed E-state index contributed by atoms with van der Waals surface area (Å²) in [6.45, 7) is 2.82. The van der Waals surface area contributed by atoms with Crippen LogP contribution in [0.15, 0.2) is 18.5 Å². The SMILES string of the molecule is CC(O)CCNC(=O)CCn1cccn1. The zero-order chi connectivity index (χ0) is 11.1. The Labute approximate surface area is 89.1 Å². The van der Waals surface area contributed by atoms with Crippen LogP contribution in [0.25, 0.3) is 0 Å². The van der Waals surface area contributed by atoms with E-state index in [1.807, 2.05) is 12.3 Å². The number of amides is 1. The zero-order valence-electron chi connectivity index (χ0n) is 8.89. The third-order valence-electron chi connectivity index (χ3n) is 2.01. The van der Waals surface area contributed by atoms with E-state index in [4.69, 9.17) is 5.11 Å². The third kappa shape index (κ3) is 5.17. The number of nitrogens with zero attached hydrogens (tertiary/aromatic N) is 2. The number of aliphatic hydroxyl groups is 1. The van der Waals surface area contributed by atoms with Gasteiger partial charge in [-0.2, -0.15) is 5.10 Å². The maximum atomic E-state index is 11.3. The fourth-order valence-electron chi connectivity index (χ4n) is 1.16. The number of hydrogen-bond acceptors (Lipinski definition) is 3. The lowest BCUT2D eigenvalue weighted by Crippen LogP contribution is -2.27. The van der Waals surface area contributed by atoms with Gasteiger partial charge in [0.1, 0.15) is 0 Å². The topological polar surface area (TPSA) is 67.2 Å². The van der Waals surface area contributed by atoms with Crippen LogP contribution in [-0.2, 0) is 11.3 Å². The van der Waals surface area contributed by atoms with Crippen molar-refractivity contribution in [2.24, 2.45) is 0 Å². The van der Waals surface area contributed by atoms with Crippen LogP contribution in [0.5, 0.6) is 0 Å². The van der Waals surface area contributed by atoms with Gasteiger partial charge < -0.3 is 10.4 Å². The average molecular weight is 211 g/mol. The van der Waals surface area contributed by atoms with Crippen LogP contribution in [0.3, 0.4) is 0 Å². The molecule has 15 heavy (non-hydrogen) atoms. The van der Waals surface area contributed by atoms with Crippen LogP contribution in [0, 0.1) is 0 Å². The number of aryl methyl sites for hydroxylation is 1. The van der Waals surface area contributed by atoms with Gasteiger partial charge in [-0.3, -0.25) is 9.48 Å². The summed E-state index contributed by atoms with van der Waals surface area (Å²) in [5, 5.41) is 15.7. The van der Waals surface area contributed by atoms with Crippen LogP contribution < -0.4 is 5.32 Å². The first-order valence-electron chi connectivity index (χ1n) is 5.10. The first-order chi connectivity index (χ1) is 7.18. The molecule has 0 spiro atoms. The van der Waals surface area contributed by atoms with Crippen molar-refractivity contribution in [3.63, 3.8) is 0 Å². The van der Waals surface area contributed by atoms with Crippen molar-refractivity contribution in [2.75, 3.05) is 6.54 Å². The van der Waals surface area contributed by atoms with Gasteiger partial charge in [-0.05, 0) is 19.4 Å². The van der Waals surface area contributed by atoms with Crippen molar-refractivity contribution in [2.45, 2.75) is 32.4 Å².